The minimum atomic E-state index is 0.233. The van der Waals surface area contributed by atoms with Gasteiger partial charge in [-0.1, -0.05) is 36.4 Å². The minimum absolute atomic E-state index is 0.233. The molecule has 0 aliphatic carbocycles. The van der Waals surface area contributed by atoms with Gasteiger partial charge in [0.1, 0.15) is 0 Å². The Labute approximate surface area is 83.5 Å². The highest BCUT2D eigenvalue weighted by atomic mass is 16.5. The molecular formula is C12H12O2. The van der Waals surface area contributed by atoms with Gasteiger partial charge in [0.2, 0.25) is 5.76 Å². The number of rotatable bonds is 4. The van der Waals surface area contributed by atoms with Crippen LogP contribution in [0.15, 0.2) is 42.2 Å². The predicted octanol–water partition coefficient (Wildman–Crippen LogP) is 2.45. The molecular weight excluding hydrogens is 176 g/mol. The van der Waals surface area contributed by atoms with Crippen LogP contribution < -0.4 is 0 Å². The van der Waals surface area contributed by atoms with Gasteiger partial charge in [-0.2, -0.15) is 0 Å². The van der Waals surface area contributed by atoms with E-state index in [9.17, 15) is 4.79 Å². The second-order valence-electron chi connectivity index (χ2n) is 2.64. The molecule has 0 saturated heterocycles. The molecule has 0 bridgehead atoms. The molecule has 0 aliphatic rings. The second kappa shape index (κ2) is 5.79. The van der Waals surface area contributed by atoms with Crippen molar-refractivity contribution in [2.75, 3.05) is 6.61 Å². The van der Waals surface area contributed by atoms with Crippen LogP contribution >= 0.6 is 0 Å². The van der Waals surface area contributed by atoms with E-state index < -0.39 is 0 Å². The number of carbonyl (C=O) groups excluding carboxylic acids is 1. The number of hydrogen-bond donors (Lipinski definition) is 0. The summed E-state index contributed by atoms with van der Waals surface area (Å²) in [5.74, 6) is 1.96. The Kier molecular flexibility index (Phi) is 4.25. The molecule has 0 spiro atoms. The summed E-state index contributed by atoms with van der Waals surface area (Å²) in [6.07, 6.45) is 3.43. The molecule has 0 N–H and O–H groups in total. The maximum absolute atomic E-state index is 10.4. The average Bonchev–Trinajstić information content (AvgIpc) is 2.25. The standard InChI is InChI=1S/C12H12O2/c1-2-14-12(10-13)9-8-11-6-4-3-5-7-11/h3-9H,2H2,1H3/b9-8+. The lowest BCUT2D eigenvalue weighted by atomic mass is 10.2. The van der Waals surface area contributed by atoms with Gasteiger partial charge in [0.05, 0.1) is 6.61 Å². The Morgan fingerprint density at radius 3 is 2.71 bits per heavy atom. The lowest BCUT2D eigenvalue weighted by Gasteiger charge is -1.97. The van der Waals surface area contributed by atoms with Crippen LogP contribution in [0.2, 0.25) is 0 Å². The summed E-state index contributed by atoms with van der Waals surface area (Å²) in [4.78, 5) is 10.4. The van der Waals surface area contributed by atoms with Crippen LogP contribution in [0.5, 0.6) is 0 Å². The molecule has 0 radical (unpaired) electrons. The van der Waals surface area contributed by atoms with E-state index in [0.29, 0.717) is 6.61 Å². The van der Waals surface area contributed by atoms with Crippen molar-refractivity contribution in [3.05, 3.63) is 47.7 Å². The fourth-order valence-corrected chi connectivity index (χ4v) is 1.00. The predicted molar refractivity (Wildman–Crippen MR) is 56.3 cm³/mol. The summed E-state index contributed by atoms with van der Waals surface area (Å²) >= 11 is 0. The Morgan fingerprint density at radius 2 is 2.14 bits per heavy atom. The van der Waals surface area contributed by atoms with Crippen molar-refractivity contribution < 1.29 is 9.53 Å². The smallest absolute Gasteiger partial charge is 0.203 e. The van der Waals surface area contributed by atoms with E-state index in [1.54, 1.807) is 12.0 Å². The fourth-order valence-electron chi connectivity index (χ4n) is 1.00. The van der Waals surface area contributed by atoms with E-state index in [2.05, 4.69) is 0 Å². The lowest BCUT2D eigenvalue weighted by molar-refractivity contribution is 0.246. The van der Waals surface area contributed by atoms with Crippen molar-refractivity contribution in [3.8, 4) is 0 Å². The van der Waals surface area contributed by atoms with Crippen molar-refractivity contribution in [3.63, 3.8) is 0 Å². The van der Waals surface area contributed by atoms with Crippen LogP contribution in [0.4, 0.5) is 0 Å². The Balaban J connectivity index is 2.68. The first-order valence-electron chi connectivity index (χ1n) is 4.48. The van der Waals surface area contributed by atoms with Gasteiger partial charge >= 0.3 is 0 Å². The zero-order chi connectivity index (χ0) is 10.2. The van der Waals surface area contributed by atoms with Gasteiger partial charge in [-0.05, 0) is 18.6 Å². The van der Waals surface area contributed by atoms with Gasteiger partial charge in [0, 0.05) is 0 Å². The summed E-state index contributed by atoms with van der Waals surface area (Å²) in [6, 6.07) is 9.71. The highest BCUT2D eigenvalue weighted by molar-refractivity contribution is 5.61. The van der Waals surface area contributed by atoms with E-state index in [0.717, 1.165) is 5.56 Å². The second-order valence-corrected chi connectivity index (χ2v) is 2.64. The minimum Gasteiger partial charge on any atom is -0.484 e. The van der Waals surface area contributed by atoms with Crippen molar-refractivity contribution in [2.24, 2.45) is 0 Å². The summed E-state index contributed by atoms with van der Waals surface area (Å²) in [7, 11) is 0. The van der Waals surface area contributed by atoms with Crippen LogP contribution in [-0.2, 0) is 9.53 Å². The molecule has 0 atom stereocenters. The van der Waals surface area contributed by atoms with Crippen molar-refractivity contribution in [2.45, 2.75) is 6.92 Å². The molecule has 2 nitrogen and oxygen atoms in total. The average molecular weight is 188 g/mol. The third-order valence-corrected chi connectivity index (χ3v) is 1.63. The van der Waals surface area contributed by atoms with Crippen LogP contribution in [0.1, 0.15) is 12.5 Å². The van der Waals surface area contributed by atoms with Gasteiger partial charge < -0.3 is 4.74 Å². The highest BCUT2D eigenvalue weighted by Crippen LogP contribution is 2.03. The Morgan fingerprint density at radius 1 is 1.43 bits per heavy atom. The number of allylic oxidation sites excluding steroid dienone is 1. The lowest BCUT2D eigenvalue weighted by Crippen LogP contribution is -1.88. The molecule has 72 valence electrons. The summed E-state index contributed by atoms with van der Waals surface area (Å²) < 4.78 is 5.02. The monoisotopic (exact) mass is 188 g/mol. The summed E-state index contributed by atoms with van der Waals surface area (Å²) in [5, 5.41) is 0. The maximum Gasteiger partial charge on any atom is 0.203 e. The third kappa shape index (κ3) is 3.30. The van der Waals surface area contributed by atoms with E-state index in [1.165, 1.54) is 0 Å². The molecule has 0 fully saturated rings. The number of hydrogen-bond acceptors (Lipinski definition) is 2. The normalized spacial score (nSPS) is 9.79. The van der Waals surface area contributed by atoms with E-state index in [-0.39, 0.29) is 5.76 Å². The molecule has 1 rings (SSSR count). The first-order valence-corrected chi connectivity index (χ1v) is 4.48. The van der Waals surface area contributed by atoms with Crippen LogP contribution in [0, 0.1) is 0 Å². The van der Waals surface area contributed by atoms with Gasteiger partial charge in [-0.25, -0.2) is 4.79 Å². The Bertz CT molecular complexity index is 346. The first kappa shape index (κ1) is 10.3. The zero-order valence-corrected chi connectivity index (χ0v) is 8.07. The fraction of sp³-hybridized carbons (Fsp3) is 0.167. The molecule has 1 aromatic rings. The summed E-state index contributed by atoms with van der Waals surface area (Å²) in [5.41, 5.74) is 1.03. The molecule has 2 heteroatoms. The van der Waals surface area contributed by atoms with Crippen molar-refractivity contribution in [1.29, 1.82) is 0 Å². The topological polar surface area (TPSA) is 26.3 Å². The molecule has 0 saturated carbocycles. The summed E-state index contributed by atoms with van der Waals surface area (Å²) in [6.45, 7) is 2.30. The van der Waals surface area contributed by atoms with Crippen molar-refractivity contribution >= 4 is 12.0 Å². The van der Waals surface area contributed by atoms with E-state index >= 15 is 0 Å². The molecule has 0 aromatic heterocycles. The van der Waals surface area contributed by atoms with Crippen LogP contribution in [0.25, 0.3) is 6.08 Å². The quantitative estimate of drug-likeness (QED) is 0.412. The van der Waals surface area contributed by atoms with Gasteiger partial charge in [0.25, 0.3) is 0 Å². The SMILES string of the molecule is CCOC(=C=O)/C=C/c1ccccc1. The first-order chi connectivity index (χ1) is 6.86. The van der Waals surface area contributed by atoms with E-state index in [1.807, 2.05) is 43.3 Å². The van der Waals surface area contributed by atoms with Gasteiger partial charge in [-0.3, -0.25) is 0 Å². The Hall–Kier alpha value is -1.79. The highest BCUT2D eigenvalue weighted by Gasteiger charge is 1.90. The number of ether oxygens (including phenoxy) is 1. The molecule has 0 unspecified atom stereocenters. The van der Waals surface area contributed by atoms with Crippen LogP contribution in [0.3, 0.4) is 0 Å². The maximum atomic E-state index is 10.4. The molecule has 0 heterocycles. The largest absolute Gasteiger partial charge is 0.484 e. The molecule has 0 amide bonds. The number of benzene rings is 1. The van der Waals surface area contributed by atoms with Gasteiger partial charge in [-0.15, -0.1) is 0 Å². The van der Waals surface area contributed by atoms with E-state index in [4.69, 9.17) is 4.74 Å². The van der Waals surface area contributed by atoms with Crippen LogP contribution in [-0.4, -0.2) is 12.5 Å². The van der Waals surface area contributed by atoms with Crippen molar-refractivity contribution in [1.82, 2.24) is 0 Å². The molecule has 14 heavy (non-hydrogen) atoms. The molecule has 1 aromatic carbocycles. The third-order valence-electron chi connectivity index (χ3n) is 1.63. The van der Waals surface area contributed by atoms with Gasteiger partial charge in [0.15, 0.2) is 5.94 Å². The molecule has 0 aliphatic heterocycles. The zero-order valence-electron chi connectivity index (χ0n) is 8.07.